The van der Waals surface area contributed by atoms with E-state index in [-0.39, 0.29) is 11.4 Å². The summed E-state index contributed by atoms with van der Waals surface area (Å²) in [6, 6.07) is 11.5. The molecule has 0 aliphatic heterocycles. The maximum atomic E-state index is 12.7. The van der Waals surface area contributed by atoms with Gasteiger partial charge in [0.05, 0.1) is 16.6 Å². The highest BCUT2D eigenvalue weighted by molar-refractivity contribution is 6.07. The number of fused-ring (bicyclic) bond motifs is 3. The van der Waals surface area contributed by atoms with Crippen LogP contribution in [-0.4, -0.2) is 20.2 Å². The predicted octanol–water partition coefficient (Wildman–Crippen LogP) is 2.80. The van der Waals surface area contributed by atoms with Gasteiger partial charge in [-0.15, -0.1) is 0 Å². The van der Waals surface area contributed by atoms with Gasteiger partial charge in [0.25, 0.3) is 5.56 Å². The van der Waals surface area contributed by atoms with Gasteiger partial charge < -0.3 is 15.5 Å². The van der Waals surface area contributed by atoms with Gasteiger partial charge in [-0.3, -0.25) is 9.36 Å². The van der Waals surface area contributed by atoms with Crippen molar-refractivity contribution in [1.29, 1.82) is 0 Å². The summed E-state index contributed by atoms with van der Waals surface area (Å²) in [5.41, 5.74) is 10.3. The van der Waals surface area contributed by atoms with E-state index in [2.05, 4.69) is 15.8 Å². The average molecular weight is 334 g/mol. The molecule has 25 heavy (non-hydrogen) atoms. The molecule has 1 aliphatic rings. The van der Waals surface area contributed by atoms with Crippen molar-refractivity contribution < 1.29 is 5.21 Å². The second-order valence-electron chi connectivity index (χ2n) is 6.15. The van der Waals surface area contributed by atoms with E-state index in [1.54, 1.807) is 10.6 Å². The van der Waals surface area contributed by atoms with Crippen LogP contribution in [0.1, 0.15) is 12.8 Å². The molecule has 0 fully saturated rings. The van der Waals surface area contributed by atoms with E-state index in [4.69, 9.17) is 10.9 Å². The van der Waals surface area contributed by atoms with Crippen molar-refractivity contribution in [3.05, 3.63) is 64.5 Å². The zero-order chi connectivity index (χ0) is 17.6. The Morgan fingerprint density at radius 3 is 2.64 bits per heavy atom. The Kier molecular flexibility index (Phi) is 3.46. The quantitative estimate of drug-likeness (QED) is 0.327. The van der Waals surface area contributed by atoms with Crippen molar-refractivity contribution in [2.75, 3.05) is 0 Å². The first-order valence-electron chi connectivity index (χ1n) is 8.09. The molecule has 6 nitrogen and oxygen atoms in total. The molecular formula is C19H18N4O2. The molecule has 0 saturated heterocycles. The number of allylic oxidation sites excluding steroid dienone is 3. The van der Waals surface area contributed by atoms with Gasteiger partial charge in [-0.1, -0.05) is 29.4 Å². The highest BCUT2D eigenvalue weighted by Crippen LogP contribution is 2.30. The molecule has 0 unspecified atom stereocenters. The van der Waals surface area contributed by atoms with Gasteiger partial charge >= 0.3 is 0 Å². The van der Waals surface area contributed by atoms with Gasteiger partial charge in [-0.05, 0) is 36.6 Å². The minimum absolute atomic E-state index is 0.0595. The van der Waals surface area contributed by atoms with Crippen LogP contribution in [0, 0.1) is 0 Å². The minimum Gasteiger partial charge on any atom is -0.409 e. The van der Waals surface area contributed by atoms with Gasteiger partial charge in [0.1, 0.15) is 0 Å². The number of benzene rings is 1. The number of nitrogens with two attached hydrogens (primary N) is 1. The van der Waals surface area contributed by atoms with Gasteiger partial charge in [-0.2, -0.15) is 0 Å². The first-order chi connectivity index (χ1) is 12.1. The largest absolute Gasteiger partial charge is 0.409 e. The summed E-state index contributed by atoms with van der Waals surface area (Å²) in [6.07, 6.45) is 4.95. The molecule has 6 heteroatoms. The molecule has 126 valence electrons. The molecule has 1 aliphatic carbocycles. The Morgan fingerprint density at radius 2 is 1.92 bits per heavy atom. The first-order valence-corrected chi connectivity index (χ1v) is 8.09. The Morgan fingerprint density at radius 1 is 1.12 bits per heavy atom. The second-order valence-corrected chi connectivity index (χ2v) is 6.15. The number of oxime groups is 1. The number of hydrogen-bond acceptors (Lipinski definition) is 3. The fraction of sp³-hybridized carbons (Fsp3) is 0.158. The van der Waals surface area contributed by atoms with E-state index >= 15 is 0 Å². The molecule has 0 saturated carbocycles. The van der Waals surface area contributed by atoms with E-state index in [1.165, 1.54) is 0 Å². The average Bonchev–Trinajstić information content (AvgIpc) is 2.94. The smallest absolute Gasteiger partial charge is 0.255 e. The van der Waals surface area contributed by atoms with Crippen molar-refractivity contribution in [3.63, 3.8) is 0 Å². The molecule has 0 amide bonds. The molecule has 1 aromatic carbocycles. The van der Waals surface area contributed by atoms with Crippen molar-refractivity contribution >= 4 is 33.5 Å². The SMILES string of the molecule is Cn1c2ccccc2c2c1ccc(=O)n2C1=CC=C(/C(N)=N/O)CC1. The third-order valence-corrected chi connectivity index (χ3v) is 4.80. The lowest BCUT2D eigenvalue weighted by molar-refractivity contribution is 0.318. The fourth-order valence-corrected chi connectivity index (χ4v) is 3.53. The maximum absolute atomic E-state index is 12.7. The molecule has 4 rings (SSSR count). The molecule has 0 radical (unpaired) electrons. The van der Waals surface area contributed by atoms with Crippen LogP contribution in [0.3, 0.4) is 0 Å². The number of rotatable bonds is 2. The van der Waals surface area contributed by atoms with E-state index in [0.717, 1.165) is 33.2 Å². The van der Waals surface area contributed by atoms with E-state index < -0.39 is 0 Å². The summed E-state index contributed by atoms with van der Waals surface area (Å²) >= 11 is 0. The summed E-state index contributed by atoms with van der Waals surface area (Å²) < 4.78 is 3.87. The van der Waals surface area contributed by atoms with Gasteiger partial charge in [0.2, 0.25) is 0 Å². The lowest BCUT2D eigenvalue weighted by Gasteiger charge is -2.17. The zero-order valence-electron chi connectivity index (χ0n) is 13.8. The van der Waals surface area contributed by atoms with Crippen LogP contribution >= 0.6 is 0 Å². The summed E-state index contributed by atoms with van der Waals surface area (Å²) in [5.74, 6) is 0.117. The predicted molar refractivity (Wildman–Crippen MR) is 99.7 cm³/mol. The lowest BCUT2D eigenvalue weighted by atomic mass is 10.0. The van der Waals surface area contributed by atoms with Crippen LogP contribution in [0.4, 0.5) is 0 Å². The van der Waals surface area contributed by atoms with Crippen LogP contribution in [0.2, 0.25) is 0 Å². The normalized spacial score (nSPS) is 15.5. The third kappa shape index (κ3) is 2.26. The van der Waals surface area contributed by atoms with Crippen LogP contribution in [0.25, 0.3) is 27.6 Å². The number of hydrogen-bond donors (Lipinski definition) is 2. The van der Waals surface area contributed by atoms with Crippen molar-refractivity contribution in [3.8, 4) is 0 Å². The number of nitrogens with zero attached hydrogens (tertiary/aromatic N) is 3. The maximum Gasteiger partial charge on any atom is 0.255 e. The van der Waals surface area contributed by atoms with Gasteiger partial charge in [0.15, 0.2) is 5.84 Å². The summed E-state index contributed by atoms with van der Waals surface area (Å²) in [4.78, 5) is 12.7. The Labute approximate surface area is 143 Å². The Hall–Kier alpha value is -3.28. The van der Waals surface area contributed by atoms with E-state index in [9.17, 15) is 4.79 Å². The fourth-order valence-electron chi connectivity index (χ4n) is 3.53. The number of pyridine rings is 1. The Bertz CT molecular complexity index is 1150. The van der Waals surface area contributed by atoms with Crippen LogP contribution in [0.5, 0.6) is 0 Å². The first kappa shape index (κ1) is 15.3. The van der Waals surface area contributed by atoms with Gasteiger partial charge in [0, 0.05) is 24.2 Å². The second kappa shape index (κ2) is 5.66. The number of aryl methyl sites for hydroxylation is 1. The highest BCUT2D eigenvalue weighted by atomic mass is 16.4. The molecular weight excluding hydrogens is 316 g/mol. The van der Waals surface area contributed by atoms with Crippen LogP contribution in [-0.2, 0) is 7.05 Å². The topological polar surface area (TPSA) is 85.5 Å². The molecule has 3 aromatic rings. The van der Waals surface area contributed by atoms with Gasteiger partial charge in [-0.25, -0.2) is 0 Å². The zero-order valence-corrected chi connectivity index (χ0v) is 13.8. The summed E-state index contributed by atoms with van der Waals surface area (Å²) in [6.45, 7) is 0. The molecule has 0 spiro atoms. The molecule has 2 heterocycles. The standard InChI is InChI=1S/C19H18N4O2/c1-22-15-5-3-2-4-14(15)18-16(22)10-11-17(24)23(18)13-8-6-12(7-9-13)19(20)21-25/h2-6,8,10-11,25H,7,9H2,1H3,(H2,20,21). The van der Waals surface area contributed by atoms with Crippen molar-refractivity contribution in [2.24, 2.45) is 17.9 Å². The highest BCUT2D eigenvalue weighted by Gasteiger charge is 2.17. The monoisotopic (exact) mass is 334 g/mol. The Balaban J connectivity index is 2.02. The van der Waals surface area contributed by atoms with E-state index in [0.29, 0.717) is 12.8 Å². The number of amidine groups is 1. The van der Waals surface area contributed by atoms with Crippen molar-refractivity contribution in [2.45, 2.75) is 12.8 Å². The lowest BCUT2D eigenvalue weighted by Crippen LogP contribution is -2.21. The molecule has 0 atom stereocenters. The summed E-state index contributed by atoms with van der Waals surface area (Å²) in [7, 11) is 2.01. The number of aromatic nitrogens is 2. The summed E-state index contributed by atoms with van der Waals surface area (Å²) in [5, 5.41) is 12.9. The molecule has 3 N–H and O–H groups in total. The molecule has 0 bridgehead atoms. The van der Waals surface area contributed by atoms with Crippen LogP contribution in [0.15, 0.2) is 64.1 Å². The van der Waals surface area contributed by atoms with Crippen molar-refractivity contribution in [1.82, 2.24) is 9.13 Å². The number of para-hydroxylation sites is 1. The minimum atomic E-state index is -0.0595. The van der Waals surface area contributed by atoms with E-state index in [1.807, 2.05) is 43.5 Å². The van der Waals surface area contributed by atoms with Crippen LogP contribution < -0.4 is 11.3 Å². The third-order valence-electron chi connectivity index (χ3n) is 4.80. The molecule has 2 aromatic heterocycles.